The molecule has 0 radical (unpaired) electrons. The van der Waals surface area contributed by atoms with Crippen molar-refractivity contribution in [2.45, 2.75) is 25.3 Å². The number of hydrogen-bond acceptors (Lipinski definition) is 7. The highest BCUT2D eigenvalue weighted by molar-refractivity contribution is 5.94. The monoisotopic (exact) mass is 558 g/mol. The summed E-state index contributed by atoms with van der Waals surface area (Å²) in [4.78, 5) is 47.0. The zero-order valence-corrected chi connectivity index (χ0v) is 23.2. The number of fused-ring (bicyclic) bond motifs is 4. The molecule has 2 aromatic carbocycles. The molecule has 2 bridgehead atoms. The van der Waals surface area contributed by atoms with Crippen molar-refractivity contribution in [3.8, 4) is 17.2 Å². The Kier molecular flexibility index (Phi) is 8.67. The second-order valence-electron chi connectivity index (χ2n) is 10.2. The number of nitrogens with zero attached hydrogens (tertiary/aromatic N) is 3. The molecule has 2 aliphatic rings. The highest BCUT2D eigenvalue weighted by atomic mass is 16.5. The van der Waals surface area contributed by atoms with E-state index in [-0.39, 0.29) is 42.8 Å². The average molecular weight is 559 g/mol. The SMILES string of the molecule is COc1ccc2cc1OCCCN(C(=O)COc1ccccc1C)CC(=O)N[C@H]1CN(C(=O)c3ccncc3)C[C@H]21. The first-order valence-electron chi connectivity index (χ1n) is 13.7. The minimum Gasteiger partial charge on any atom is -0.493 e. The number of aryl methyl sites for hydroxylation is 1. The molecule has 10 nitrogen and oxygen atoms in total. The maximum absolute atomic E-state index is 13.3. The van der Waals surface area contributed by atoms with E-state index >= 15 is 0 Å². The predicted octanol–water partition coefficient (Wildman–Crippen LogP) is 2.81. The first-order valence-corrected chi connectivity index (χ1v) is 13.7. The molecule has 41 heavy (non-hydrogen) atoms. The number of carbonyl (C=O) groups is 3. The Balaban J connectivity index is 1.37. The van der Waals surface area contributed by atoms with Crippen molar-refractivity contribution in [3.63, 3.8) is 0 Å². The van der Waals surface area contributed by atoms with Crippen LogP contribution >= 0.6 is 0 Å². The van der Waals surface area contributed by atoms with Crippen LogP contribution in [0.4, 0.5) is 0 Å². The van der Waals surface area contributed by atoms with Crippen LogP contribution in [-0.4, -0.2) is 85.0 Å². The van der Waals surface area contributed by atoms with Crippen molar-refractivity contribution in [1.82, 2.24) is 20.1 Å². The van der Waals surface area contributed by atoms with Gasteiger partial charge >= 0.3 is 0 Å². The predicted molar refractivity (Wildman–Crippen MR) is 151 cm³/mol. The standard InChI is InChI=1S/C31H34N4O6/c1-21-6-3-4-7-26(21)41-20-30(37)34-14-5-15-40-28-16-23(8-9-27(28)39-2)24-17-35(18-25(24)33-29(36)19-34)31(38)22-10-12-32-13-11-22/h3-4,6-13,16,24-25H,5,14-15,17-20H2,1-2H3,(H,33,36)/t24-,25+/m1/s1. The molecule has 0 saturated carbocycles. The van der Waals surface area contributed by atoms with Gasteiger partial charge in [-0.3, -0.25) is 19.4 Å². The van der Waals surface area contributed by atoms with Crippen LogP contribution in [0.3, 0.4) is 0 Å². The average Bonchev–Trinajstić information content (AvgIpc) is 3.41. The van der Waals surface area contributed by atoms with E-state index in [1.807, 2.05) is 49.4 Å². The maximum atomic E-state index is 13.3. The van der Waals surface area contributed by atoms with Gasteiger partial charge in [0.15, 0.2) is 18.1 Å². The van der Waals surface area contributed by atoms with Crippen LogP contribution < -0.4 is 19.5 Å². The van der Waals surface area contributed by atoms with Gasteiger partial charge in [0.2, 0.25) is 5.91 Å². The second-order valence-corrected chi connectivity index (χ2v) is 10.2. The normalized spacial score (nSPS) is 19.0. The smallest absolute Gasteiger partial charge is 0.260 e. The number of aromatic nitrogens is 1. The third-order valence-corrected chi connectivity index (χ3v) is 7.46. The molecular weight excluding hydrogens is 524 g/mol. The molecule has 0 spiro atoms. The van der Waals surface area contributed by atoms with Gasteiger partial charge < -0.3 is 29.3 Å². The fraction of sp³-hybridized carbons (Fsp3) is 0.355. The van der Waals surface area contributed by atoms with E-state index < -0.39 is 0 Å². The number of methoxy groups -OCH3 is 1. The molecule has 2 atom stereocenters. The minimum atomic E-state index is -0.365. The summed E-state index contributed by atoms with van der Waals surface area (Å²) in [5.41, 5.74) is 2.38. The van der Waals surface area contributed by atoms with Gasteiger partial charge in [-0.2, -0.15) is 0 Å². The van der Waals surface area contributed by atoms with Gasteiger partial charge in [-0.05, 0) is 54.8 Å². The van der Waals surface area contributed by atoms with Gasteiger partial charge in [0.05, 0.1) is 26.3 Å². The first-order chi connectivity index (χ1) is 19.9. The first kappa shape index (κ1) is 27.9. The number of benzene rings is 2. The van der Waals surface area contributed by atoms with Gasteiger partial charge in [-0.15, -0.1) is 0 Å². The number of ether oxygens (including phenoxy) is 3. The highest BCUT2D eigenvalue weighted by Crippen LogP contribution is 2.35. The summed E-state index contributed by atoms with van der Waals surface area (Å²) >= 11 is 0. The van der Waals surface area contributed by atoms with Crippen LogP contribution in [0.25, 0.3) is 0 Å². The number of pyridine rings is 1. The lowest BCUT2D eigenvalue weighted by molar-refractivity contribution is -0.138. The number of amides is 3. The van der Waals surface area contributed by atoms with E-state index in [0.29, 0.717) is 55.5 Å². The fourth-order valence-corrected chi connectivity index (χ4v) is 5.27. The fourth-order valence-electron chi connectivity index (χ4n) is 5.27. The Morgan fingerprint density at radius 3 is 2.63 bits per heavy atom. The Bertz CT molecular complexity index is 1400. The van der Waals surface area contributed by atoms with E-state index in [1.54, 1.807) is 36.5 Å². The molecule has 3 heterocycles. The number of para-hydroxylation sites is 1. The van der Waals surface area contributed by atoms with E-state index in [9.17, 15) is 14.4 Å². The van der Waals surface area contributed by atoms with Crippen molar-refractivity contribution < 1.29 is 28.6 Å². The molecule has 10 heteroatoms. The summed E-state index contributed by atoms with van der Waals surface area (Å²) in [6.45, 7) is 2.96. The minimum absolute atomic E-state index is 0.127. The number of nitrogens with one attached hydrogen (secondary N) is 1. The molecule has 1 N–H and O–H groups in total. The van der Waals surface area contributed by atoms with Gasteiger partial charge in [0.1, 0.15) is 5.75 Å². The number of hydrogen-bond donors (Lipinski definition) is 1. The quantitative estimate of drug-likeness (QED) is 0.513. The van der Waals surface area contributed by atoms with E-state index in [2.05, 4.69) is 10.3 Å². The number of carbonyl (C=O) groups excluding carboxylic acids is 3. The zero-order valence-electron chi connectivity index (χ0n) is 23.2. The Labute approximate surface area is 239 Å². The molecule has 5 rings (SSSR count). The van der Waals surface area contributed by atoms with Crippen molar-refractivity contribution in [1.29, 1.82) is 0 Å². The van der Waals surface area contributed by atoms with Crippen LogP contribution in [0.15, 0.2) is 67.0 Å². The molecule has 3 aromatic rings. The lowest BCUT2D eigenvalue weighted by Gasteiger charge is -2.24. The summed E-state index contributed by atoms with van der Waals surface area (Å²) in [6.07, 6.45) is 3.68. The summed E-state index contributed by atoms with van der Waals surface area (Å²) in [5.74, 6) is 0.877. The van der Waals surface area contributed by atoms with E-state index in [0.717, 1.165) is 11.1 Å². The van der Waals surface area contributed by atoms with Crippen molar-refractivity contribution in [2.75, 3.05) is 46.5 Å². The highest BCUT2D eigenvalue weighted by Gasteiger charge is 2.38. The van der Waals surface area contributed by atoms with Crippen LogP contribution in [0.5, 0.6) is 17.2 Å². The van der Waals surface area contributed by atoms with Gasteiger partial charge in [0, 0.05) is 43.5 Å². The van der Waals surface area contributed by atoms with Crippen molar-refractivity contribution >= 4 is 17.7 Å². The van der Waals surface area contributed by atoms with Crippen molar-refractivity contribution in [2.24, 2.45) is 0 Å². The summed E-state index contributed by atoms with van der Waals surface area (Å²) in [6, 6.07) is 16.2. The maximum Gasteiger partial charge on any atom is 0.260 e. The van der Waals surface area contributed by atoms with Crippen LogP contribution in [0.1, 0.15) is 33.8 Å². The summed E-state index contributed by atoms with van der Waals surface area (Å²) in [7, 11) is 1.58. The molecule has 1 saturated heterocycles. The summed E-state index contributed by atoms with van der Waals surface area (Å²) in [5, 5.41) is 3.11. The Morgan fingerprint density at radius 2 is 1.85 bits per heavy atom. The molecule has 3 amide bonds. The Morgan fingerprint density at radius 1 is 1.05 bits per heavy atom. The second kappa shape index (κ2) is 12.7. The van der Waals surface area contributed by atoms with Gasteiger partial charge in [-0.25, -0.2) is 0 Å². The molecule has 1 fully saturated rings. The van der Waals surface area contributed by atoms with Crippen LogP contribution in [0.2, 0.25) is 0 Å². The lowest BCUT2D eigenvalue weighted by Crippen LogP contribution is -2.47. The zero-order chi connectivity index (χ0) is 28.8. The van der Waals surface area contributed by atoms with Crippen LogP contribution in [-0.2, 0) is 9.59 Å². The van der Waals surface area contributed by atoms with E-state index in [4.69, 9.17) is 14.2 Å². The van der Waals surface area contributed by atoms with E-state index in [1.165, 1.54) is 4.90 Å². The Hall–Kier alpha value is -4.60. The third kappa shape index (κ3) is 6.59. The molecule has 214 valence electrons. The summed E-state index contributed by atoms with van der Waals surface area (Å²) < 4.78 is 17.4. The topological polar surface area (TPSA) is 110 Å². The van der Waals surface area contributed by atoms with Crippen molar-refractivity contribution in [3.05, 3.63) is 83.7 Å². The molecule has 2 aliphatic heterocycles. The molecule has 0 aliphatic carbocycles. The molecule has 1 aromatic heterocycles. The molecular formula is C31H34N4O6. The van der Waals surface area contributed by atoms with Crippen LogP contribution in [0, 0.1) is 6.92 Å². The van der Waals surface area contributed by atoms with Gasteiger partial charge in [-0.1, -0.05) is 24.3 Å². The third-order valence-electron chi connectivity index (χ3n) is 7.46. The molecule has 0 unspecified atom stereocenters. The largest absolute Gasteiger partial charge is 0.493 e. The van der Waals surface area contributed by atoms with Gasteiger partial charge in [0.25, 0.3) is 11.8 Å². The number of rotatable bonds is 5. The number of likely N-dealkylation sites (tertiary alicyclic amines) is 1. The lowest BCUT2D eigenvalue weighted by atomic mass is 9.94.